The molecule has 152 valence electrons. The van der Waals surface area contributed by atoms with E-state index >= 15 is 0 Å². The van der Waals surface area contributed by atoms with Gasteiger partial charge in [0, 0.05) is 29.7 Å². The van der Waals surface area contributed by atoms with Crippen LogP contribution in [0.2, 0.25) is 0 Å². The van der Waals surface area contributed by atoms with Crippen molar-refractivity contribution >= 4 is 11.4 Å². The van der Waals surface area contributed by atoms with Crippen molar-refractivity contribution in [1.82, 2.24) is 0 Å². The average Bonchev–Trinajstić information content (AvgIpc) is 3.49. The van der Waals surface area contributed by atoms with Crippen LogP contribution in [-0.2, 0) is 16.1 Å². The van der Waals surface area contributed by atoms with E-state index in [9.17, 15) is 20.2 Å². The summed E-state index contributed by atoms with van der Waals surface area (Å²) >= 11 is 0. The van der Waals surface area contributed by atoms with Gasteiger partial charge < -0.3 is 9.47 Å². The molecule has 2 heterocycles. The number of nitro groups is 2. The lowest BCUT2D eigenvalue weighted by Gasteiger charge is -2.29. The number of fused-ring (bicyclic) bond motifs is 12. The summed E-state index contributed by atoms with van der Waals surface area (Å²) in [7, 11) is 0. The number of nitrogens with zero attached hydrogens (tertiary/aromatic N) is 2. The lowest BCUT2D eigenvalue weighted by molar-refractivity contribution is -0.394. The van der Waals surface area contributed by atoms with E-state index in [2.05, 4.69) is 24.3 Å². The van der Waals surface area contributed by atoms with Gasteiger partial charge in [0.25, 0.3) is 11.4 Å². The molecule has 0 amide bonds. The molecule has 1 saturated heterocycles. The van der Waals surface area contributed by atoms with Crippen molar-refractivity contribution in [2.24, 2.45) is 23.7 Å². The molecule has 4 aliphatic rings. The highest BCUT2D eigenvalue weighted by molar-refractivity contribution is 5.49. The zero-order chi connectivity index (χ0) is 20.6. The van der Waals surface area contributed by atoms with Gasteiger partial charge in [-0.25, -0.2) is 0 Å². The van der Waals surface area contributed by atoms with E-state index in [0.29, 0.717) is 17.4 Å². The third-order valence-electron chi connectivity index (χ3n) is 7.16. The maximum Gasteiger partial charge on any atom is 0.281 e. The Morgan fingerprint density at radius 1 is 0.900 bits per heavy atom. The highest BCUT2D eigenvalue weighted by atomic mass is 16.6. The van der Waals surface area contributed by atoms with Crippen molar-refractivity contribution in [3.63, 3.8) is 0 Å². The average molecular weight is 406 g/mol. The number of hydrogen-bond donors (Lipinski definition) is 0. The zero-order valence-electron chi connectivity index (χ0n) is 15.8. The fourth-order valence-corrected chi connectivity index (χ4v) is 6.04. The fourth-order valence-electron chi connectivity index (χ4n) is 6.04. The highest BCUT2D eigenvalue weighted by Gasteiger charge is 2.65. The summed E-state index contributed by atoms with van der Waals surface area (Å²) in [5.74, 6) is 1.13. The van der Waals surface area contributed by atoms with Crippen LogP contribution in [0.3, 0.4) is 0 Å². The van der Waals surface area contributed by atoms with E-state index in [1.54, 1.807) is 0 Å². The van der Waals surface area contributed by atoms with Gasteiger partial charge in [-0.15, -0.1) is 0 Å². The van der Waals surface area contributed by atoms with Crippen LogP contribution < -0.4 is 0 Å². The predicted octanol–water partition coefficient (Wildman–Crippen LogP) is 4.26. The third kappa shape index (κ3) is 2.28. The largest absolute Gasteiger partial charge is 0.372 e. The monoisotopic (exact) mass is 406 g/mol. The summed E-state index contributed by atoms with van der Waals surface area (Å²) in [4.78, 5) is 21.1. The Balaban J connectivity index is 1.25. The minimum absolute atomic E-state index is 0.0518. The predicted molar refractivity (Wildman–Crippen MR) is 104 cm³/mol. The second kappa shape index (κ2) is 6.20. The van der Waals surface area contributed by atoms with E-state index in [4.69, 9.17) is 9.47 Å². The van der Waals surface area contributed by atoms with Crippen molar-refractivity contribution in [1.29, 1.82) is 0 Å². The van der Waals surface area contributed by atoms with Crippen LogP contribution in [0.5, 0.6) is 0 Å². The Morgan fingerprint density at radius 3 is 2.10 bits per heavy atom. The van der Waals surface area contributed by atoms with Gasteiger partial charge in [0.05, 0.1) is 46.4 Å². The maximum absolute atomic E-state index is 11.4. The number of non-ortho nitro benzene ring substituents is 1. The Kier molecular flexibility index (Phi) is 3.66. The molecular formula is C22H18N2O6. The molecule has 2 fully saturated rings. The molecule has 1 saturated carbocycles. The van der Waals surface area contributed by atoms with E-state index in [0.717, 1.165) is 6.07 Å². The highest BCUT2D eigenvalue weighted by Crippen LogP contribution is 2.68. The molecule has 2 aromatic carbocycles. The smallest absolute Gasteiger partial charge is 0.281 e. The standard InChI is InChI=1S/C22H18N2O6/c25-23(26)12-6-5-11(17(9-12)24(27)28)10-29-20-15-7-8-16(20)19-18(15)21-13-3-1-2-4-14(13)22(19)30-21/h1-9,15-16,18-22H,10H2/t15-,16-,18-,19+,20?,21+,22+/m0/s1. The molecule has 8 heteroatoms. The van der Waals surface area contributed by atoms with Gasteiger partial charge in [0.15, 0.2) is 0 Å². The quantitative estimate of drug-likeness (QED) is 0.417. The molecule has 1 unspecified atom stereocenters. The molecular weight excluding hydrogens is 388 g/mol. The molecule has 0 radical (unpaired) electrons. The first kappa shape index (κ1) is 17.7. The first-order valence-corrected chi connectivity index (χ1v) is 10.0. The van der Waals surface area contributed by atoms with Crippen molar-refractivity contribution in [2.75, 3.05) is 0 Å². The summed E-state index contributed by atoms with van der Waals surface area (Å²) in [5, 5.41) is 22.4. The van der Waals surface area contributed by atoms with Crippen LogP contribution in [0.4, 0.5) is 11.4 Å². The first-order valence-electron chi connectivity index (χ1n) is 10.0. The lowest BCUT2D eigenvalue weighted by Crippen LogP contribution is -2.25. The van der Waals surface area contributed by atoms with Crippen LogP contribution >= 0.6 is 0 Å². The Morgan fingerprint density at radius 2 is 1.53 bits per heavy atom. The van der Waals surface area contributed by atoms with Crippen molar-refractivity contribution in [3.05, 3.63) is 91.5 Å². The fraction of sp³-hybridized carbons (Fsp3) is 0.364. The summed E-state index contributed by atoms with van der Waals surface area (Å²) in [6.45, 7) is 0.0518. The summed E-state index contributed by atoms with van der Waals surface area (Å²) in [6, 6.07) is 12.1. The van der Waals surface area contributed by atoms with Gasteiger partial charge in [0.1, 0.15) is 0 Å². The zero-order valence-corrected chi connectivity index (χ0v) is 15.8. The summed E-state index contributed by atoms with van der Waals surface area (Å²) in [5.41, 5.74) is 2.32. The minimum Gasteiger partial charge on any atom is -0.372 e. The molecule has 2 aliphatic heterocycles. The number of hydrogen-bond acceptors (Lipinski definition) is 6. The van der Waals surface area contributed by atoms with Gasteiger partial charge >= 0.3 is 0 Å². The van der Waals surface area contributed by atoms with Gasteiger partial charge in [-0.3, -0.25) is 20.2 Å². The molecule has 2 aromatic rings. The summed E-state index contributed by atoms with van der Waals surface area (Å²) < 4.78 is 12.6. The number of nitro benzene ring substituents is 2. The SMILES string of the molecule is O=[N+]([O-])c1ccc(COC2[C@H]3C=C[C@H]2[C@H]2[C@@H]3[C@@H]3O[C@@H]2c2ccccc23)c([N+](=O)[O-])c1. The molecule has 6 rings (SSSR count). The second-order valence-electron chi connectivity index (χ2n) is 8.40. The van der Waals surface area contributed by atoms with Gasteiger partial charge in [-0.2, -0.15) is 0 Å². The normalized spacial score (nSPS) is 34.2. The van der Waals surface area contributed by atoms with Crippen molar-refractivity contribution in [2.45, 2.75) is 24.9 Å². The molecule has 0 N–H and O–H groups in total. The molecule has 8 nitrogen and oxygen atoms in total. The number of rotatable bonds is 5. The Labute approximate surface area is 171 Å². The van der Waals surface area contributed by atoms with Crippen LogP contribution in [-0.4, -0.2) is 16.0 Å². The van der Waals surface area contributed by atoms with Crippen molar-refractivity contribution in [3.8, 4) is 0 Å². The van der Waals surface area contributed by atoms with Gasteiger partial charge in [0.2, 0.25) is 0 Å². The van der Waals surface area contributed by atoms with Crippen LogP contribution in [0.25, 0.3) is 0 Å². The van der Waals surface area contributed by atoms with Crippen LogP contribution in [0, 0.1) is 43.9 Å². The molecule has 0 spiro atoms. The van der Waals surface area contributed by atoms with Gasteiger partial charge in [-0.1, -0.05) is 36.4 Å². The third-order valence-corrected chi connectivity index (χ3v) is 7.16. The molecule has 7 atom stereocenters. The van der Waals surface area contributed by atoms with E-state index < -0.39 is 9.85 Å². The Hall–Kier alpha value is -3.10. The summed E-state index contributed by atoms with van der Waals surface area (Å²) in [6.07, 6.45) is 4.51. The first-order chi connectivity index (χ1) is 14.5. The number of ether oxygens (including phenoxy) is 2. The second-order valence-corrected chi connectivity index (χ2v) is 8.40. The van der Waals surface area contributed by atoms with Crippen LogP contribution in [0.15, 0.2) is 54.6 Å². The lowest BCUT2D eigenvalue weighted by atomic mass is 9.71. The van der Waals surface area contributed by atoms with Gasteiger partial charge in [-0.05, 0) is 17.2 Å². The van der Waals surface area contributed by atoms with E-state index in [1.165, 1.54) is 23.3 Å². The van der Waals surface area contributed by atoms with E-state index in [1.807, 2.05) is 12.1 Å². The Bertz CT molecular complexity index is 1070. The minimum atomic E-state index is -0.632. The van der Waals surface area contributed by atoms with Crippen molar-refractivity contribution < 1.29 is 19.3 Å². The molecule has 0 aromatic heterocycles. The van der Waals surface area contributed by atoms with E-state index in [-0.39, 0.29) is 48.1 Å². The molecule has 2 aliphatic carbocycles. The molecule has 4 bridgehead atoms. The maximum atomic E-state index is 11.4. The molecule has 30 heavy (non-hydrogen) atoms. The number of benzene rings is 2. The topological polar surface area (TPSA) is 105 Å². The van der Waals surface area contributed by atoms with Crippen LogP contribution in [0.1, 0.15) is 28.9 Å².